The molecule has 24 heavy (non-hydrogen) atoms. The largest absolute Gasteiger partial charge is 0.416 e. The number of nitrogens with two attached hydrogens (primary N) is 1. The van der Waals surface area contributed by atoms with Crippen LogP contribution in [0.15, 0.2) is 58.3 Å². The molecule has 0 saturated carbocycles. The molecule has 0 bridgehead atoms. The molecule has 3 nitrogen and oxygen atoms in total. The van der Waals surface area contributed by atoms with Gasteiger partial charge in [0.05, 0.1) is 24.3 Å². The fourth-order valence-electron chi connectivity index (χ4n) is 2.12. The van der Waals surface area contributed by atoms with Crippen molar-refractivity contribution in [3.8, 4) is 0 Å². The van der Waals surface area contributed by atoms with Crippen LogP contribution in [0.2, 0.25) is 0 Å². The lowest BCUT2D eigenvalue weighted by Crippen LogP contribution is -2.49. The Bertz CT molecular complexity index is 670. The Balaban J connectivity index is 2.10. The molecule has 7 heteroatoms. The quantitative estimate of drug-likeness (QED) is 0.743. The normalized spacial score (nSPS) is 12.4. The van der Waals surface area contributed by atoms with Gasteiger partial charge in [0.2, 0.25) is 0 Å². The summed E-state index contributed by atoms with van der Waals surface area (Å²) in [5.74, 6) is 0. The van der Waals surface area contributed by atoms with Crippen LogP contribution in [0.3, 0.4) is 0 Å². The molecule has 0 aliphatic rings. The number of hydrogen-bond donors (Lipinski definition) is 3. The predicted octanol–water partition coefficient (Wildman–Crippen LogP) is 3.08. The molecule has 0 radical (unpaired) electrons. The van der Waals surface area contributed by atoms with Crippen LogP contribution in [0.5, 0.6) is 0 Å². The summed E-state index contributed by atoms with van der Waals surface area (Å²) in [4.78, 5) is 1.28. The second kappa shape index (κ2) is 7.57. The first-order chi connectivity index (χ1) is 11.3. The predicted molar refractivity (Wildman–Crippen MR) is 86.8 cm³/mol. The lowest BCUT2D eigenvalue weighted by atomic mass is 9.94. The standard InChI is InChI=1S/C17H18F3NO2S/c18-17(19,20)13-2-1-3-15(8-13)24-14-6-4-12(5-7-14)9-16(21,10-22)11-23/h1-8,22-23H,9-11,21H2. The summed E-state index contributed by atoms with van der Waals surface area (Å²) in [5.41, 5.74) is 4.90. The second-order valence-electron chi connectivity index (χ2n) is 5.63. The molecule has 0 amide bonds. The molecule has 130 valence electrons. The molecule has 0 aliphatic heterocycles. The number of alkyl halides is 3. The Morgan fingerprint density at radius 1 is 0.917 bits per heavy atom. The van der Waals surface area contributed by atoms with Gasteiger partial charge in [0.1, 0.15) is 0 Å². The van der Waals surface area contributed by atoms with Gasteiger partial charge in [-0.25, -0.2) is 0 Å². The minimum absolute atomic E-state index is 0.300. The summed E-state index contributed by atoms with van der Waals surface area (Å²) in [6, 6.07) is 12.3. The second-order valence-corrected chi connectivity index (χ2v) is 6.77. The average Bonchev–Trinajstić information content (AvgIpc) is 2.56. The molecule has 2 rings (SSSR count). The summed E-state index contributed by atoms with van der Waals surface area (Å²) in [7, 11) is 0. The highest BCUT2D eigenvalue weighted by Gasteiger charge is 2.30. The molecule has 0 heterocycles. The minimum Gasteiger partial charge on any atom is -0.394 e. The third-order valence-corrected chi connectivity index (χ3v) is 4.50. The first-order valence-electron chi connectivity index (χ1n) is 7.20. The minimum atomic E-state index is -4.36. The van der Waals surface area contributed by atoms with Crippen LogP contribution in [0, 0.1) is 0 Å². The highest BCUT2D eigenvalue weighted by molar-refractivity contribution is 7.99. The molecule has 0 unspecified atom stereocenters. The molecule has 4 N–H and O–H groups in total. The van der Waals surface area contributed by atoms with Gasteiger partial charge in [-0.05, 0) is 42.3 Å². The van der Waals surface area contributed by atoms with E-state index in [-0.39, 0.29) is 13.2 Å². The van der Waals surface area contributed by atoms with Crippen molar-refractivity contribution in [1.29, 1.82) is 0 Å². The zero-order chi connectivity index (χ0) is 17.8. The number of aliphatic hydroxyl groups excluding tert-OH is 2. The fraction of sp³-hybridized carbons (Fsp3) is 0.294. The van der Waals surface area contributed by atoms with Gasteiger partial charge in [0.15, 0.2) is 0 Å². The van der Waals surface area contributed by atoms with Crippen molar-refractivity contribution < 1.29 is 23.4 Å². The Labute approximate surface area is 142 Å². The first-order valence-corrected chi connectivity index (χ1v) is 8.02. The maximum Gasteiger partial charge on any atom is 0.416 e. The molecule has 0 aromatic heterocycles. The van der Waals surface area contributed by atoms with Crippen molar-refractivity contribution in [3.05, 3.63) is 59.7 Å². The van der Waals surface area contributed by atoms with E-state index in [2.05, 4.69) is 0 Å². The van der Waals surface area contributed by atoms with E-state index in [1.165, 1.54) is 17.8 Å². The molecule has 2 aromatic carbocycles. The molecule has 2 aromatic rings. The maximum absolute atomic E-state index is 12.7. The Hall–Kier alpha value is -1.54. The molecular formula is C17H18F3NO2S. The maximum atomic E-state index is 12.7. The van der Waals surface area contributed by atoms with Crippen molar-refractivity contribution in [2.24, 2.45) is 5.73 Å². The number of rotatable bonds is 6. The lowest BCUT2D eigenvalue weighted by molar-refractivity contribution is -0.137. The van der Waals surface area contributed by atoms with E-state index in [0.717, 1.165) is 22.6 Å². The van der Waals surface area contributed by atoms with Crippen LogP contribution in [0.25, 0.3) is 0 Å². The van der Waals surface area contributed by atoms with E-state index < -0.39 is 17.3 Å². The van der Waals surface area contributed by atoms with Gasteiger partial charge in [-0.15, -0.1) is 0 Å². The summed E-state index contributed by atoms with van der Waals surface area (Å²) in [5, 5.41) is 18.4. The highest BCUT2D eigenvalue weighted by Crippen LogP contribution is 2.34. The smallest absolute Gasteiger partial charge is 0.394 e. The Morgan fingerprint density at radius 2 is 1.54 bits per heavy atom. The molecule has 0 atom stereocenters. The van der Waals surface area contributed by atoms with Crippen LogP contribution in [-0.4, -0.2) is 29.0 Å². The van der Waals surface area contributed by atoms with Gasteiger partial charge in [0, 0.05) is 9.79 Å². The zero-order valence-corrected chi connectivity index (χ0v) is 13.6. The van der Waals surface area contributed by atoms with E-state index in [4.69, 9.17) is 5.73 Å². The van der Waals surface area contributed by atoms with Crippen molar-refractivity contribution in [1.82, 2.24) is 0 Å². The molecule has 0 spiro atoms. The number of benzene rings is 2. The number of hydrogen-bond acceptors (Lipinski definition) is 4. The number of halogens is 3. The zero-order valence-electron chi connectivity index (χ0n) is 12.8. The SMILES string of the molecule is NC(CO)(CO)Cc1ccc(Sc2cccc(C(F)(F)F)c2)cc1. The van der Waals surface area contributed by atoms with Crippen molar-refractivity contribution >= 4 is 11.8 Å². The first kappa shape index (κ1) is 18.8. The lowest BCUT2D eigenvalue weighted by Gasteiger charge is -2.24. The molecular weight excluding hydrogens is 339 g/mol. The van der Waals surface area contributed by atoms with Gasteiger partial charge >= 0.3 is 6.18 Å². The van der Waals surface area contributed by atoms with Crippen molar-refractivity contribution in [2.45, 2.75) is 27.9 Å². The van der Waals surface area contributed by atoms with E-state index >= 15 is 0 Å². The van der Waals surface area contributed by atoms with E-state index in [0.29, 0.717) is 11.3 Å². The van der Waals surface area contributed by atoms with Gasteiger partial charge in [-0.3, -0.25) is 0 Å². The van der Waals surface area contributed by atoms with Crippen LogP contribution >= 0.6 is 11.8 Å². The van der Waals surface area contributed by atoms with E-state index in [9.17, 15) is 23.4 Å². The van der Waals surface area contributed by atoms with Crippen LogP contribution < -0.4 is 5.73 Å². The molecule has 0 fully saturated rings. The van der Waals surface area contributed by atoms with Crippen LogP contribution in [0.1, 0.15) is 11.1 Å². The monoisotopic (exact) mass is 357 g/mol. The molecule has 0 aliphatic carbocycles. The fourth-order valence-corrected chi connectivity index (χ4v) is 2.99. The van der Waals surface area contributed by atoms with Crippen LogP contribution in [-0.2, 0) is 12.6 Å². The van der Waals surface area contributed by atoms with Gasteiger partial charge in [-0.1, -0.05) is 30.0 Å². The third kappa shape index (κ3) is 4.98. The average molecular weight is 357 g/mol. The molecule has 0 saturated heterocycles. The third-order valence-electron chi connectivity index (χ3n) is 3.51. The Morgan fingerprint density at radius 3 is 2.08 bits per heavy atom. The summed E-state index contributed by atoms with van der Waals surface area (Å²) in [6.45, 7) is -0.686. The summed E-state index contributed by atoms with van der Waals surface area (Å²) in [6.07, 6.45) is -4.06. The number of aliphatic hydroxyl groups is 2. The van der Waals surface area contributed by atoms with Gasteiger partial charge in [0.25, 0.3) is 0 Å². The topological polar surface area (TPSA) is 66.5 Å². The van der Waals surface area contributed by atoms with E-state index in [1.54, 1.807) is 30.3 Å². The van der Waals surface area contributed by atoms with Crippen molar-refractivity contribution in [2.75, 3.05) is 13.2 Å². The Kier molecular flexibility index (Phi) is 5.92. The summed E-state index contributed by atoms with van der Waals surface area (Å²) >= 11 is 1.23. The summed E-state index contributed by atoms with van der Waals surface area (Å²) < 4.78 is 38.2. The van der Waals surface area contributed by atoms with Crippen LogP contribution in [0.4, 0.5) is 13.2 Å². The van der Waals surface area contributed by atoms with Crippen molar-refractivity contribution in [3.63, 3.8) is 0 Å². The van der Waals surface area contributed by atoms with Gasteiger partial charge < -0.3 is 15.9 Å². The highest BCUT2D eigenvalue weighted by atomic mass is 32.2. The van der Waals surface area contributed by atoms with Gasteiger partial charge in [-0.2, -0.15) is 13.2 Å². The van der Waals surface area contributed by atoms with E-state index in [1.807, 2.05) is 0 Å².